The van der Waals surface area contributed by atoms with Gasteiger partial charge in [-0.15, -0.1) is 0 Å². The molecule has 0 aromatic heterocycles. The topological polar surface area (TPSA) is 64.1 Å². The van der Waals surface area contributed by atoms with Gasteiger partial charge in [-0.25, -0.2) is 0 Å². The Labute approximate surface area is 115 Å². The Kier molecular flexibility index (Phi) is 5.75. The molecule has 1 aliphatic heterocycles. The van der Waals surface area contributed by atoms with E-state index in [9.17, 15) is 9.59 Å². The SMILES string of the molecule is CC(C(=O)O)N1CCN(CC(=O)N(C)C(C)C)CC1. The number of aliphatic carboxylic acids is 1. The number of carbonyl (C=O) groups excluding carboxylic acids is 1. The summed E-state index contributed by atoms with van der Waals surface area (Å²) < 4.78 is 0. The number of likely N-dealkylation sites (N-methyl/N-ethyl adjacent to an activating group) is 1. The third kappa shape index (κ3) is 4.47. The normalized spacial score (nSPS) is 19.4. The summed E-state index contributed by atoms with van der Waals surface area (Å²) in [4.78, 5) is 28.6. The van der Waals surface area contributed by atoms with Gasteiger partial charge in [0, 0.05) is 39.3 Å². The molecule has 0 saturated carbocycles. The first-order valence-corrected chi connectivity index (χ1v) is 6.77. The Morgan fingerprint density at radius 1 is 1.16 bits per heavy atom. The number of carboxylic acids is 1. The van der Waals surface area contributed by atoms with Crippen molar-refractivity contribution in [1.82, 2.24) is 14.7 Å². The maximum atomic E-state index is 12.0. The van der Waals surface area contributed by atoms with E-state index in [0.717, 1.165) is 13.1 Å². The molecule has 19 heavy (non-hydrogen) atoms. The minimum atomic E-state index is -0.788. The maximum absolute atomic E-state index is 12.0. The number of hydrogen-bond acceptors (Lipinski definition) is 4. The highest BCUT2D eigenvalue weighted by Gasteiger charge is 2.26. The van der Waals surface area contributed by atoms with E-state index in [1.807, 2.05) is 25.8 Å². The molecule has 1 rings (SSSR count). The predicted octanol–water partition coefficient (Wildman–Crippen LogP) is -0.0561. The lowest BCUT2D eigenvalue weighted by Crippen LogP contribution is -2.53. The van der Waals surface area contributed by atoms with Crippen LogP contribution in [-0.4, -0.2) is 83.5 Å². The molecule has 6 heteroatoms. The summed E-state index contributed by atoms with van der Waals surface area (Å²) in [6.07, 6.45) is 0. The van der Waals surface area contributed by atoms with Crippen molar-refractivity contribution in [3.8, 4) is 0 Å². The van der Waals surface area contributed by atoms with E-state index in [1.165, 1.54) is 0 Å². The summed E-state index contributed by atoms with van der Waals surface area (Å²) in [5, 5.41) is 8.96. The highest BCUT2D eigenvalue weighted by molar-refractivity contribution is 5.78. The van der Waals surface area contributed by atoms with E-state index >= 15 is 0 Å². The molecule has 1 aliphatic rings. The van der Waals surface area contributed by atoms with Gasteiger partial charge in [0.25, 0.3) is 0 Å². The Morgan fingerprint density at radius 3 is 2.11 bits per heavy atom. The van der Waals surface area contributed by atoms with Crippen molar-refractivity contribution >= 4 is 11.9 Å². The van der Waals surface area contributed by atoms with Gasteiger partial charge in [0.2, 0.25) is 5.91 Å². The van der Waals surface area contributed by atoms with Crippen LogP contribution in [0.5, 0.6) is 0 Å². The third-order valence-electron chi connectivity index (χ3n) is 3.84. The molecule has 0 aromatic carbocycles. The predicted molar refractivity (Wildman–Crippen MR) is 73.0 cm³/mol. The summed E-state index contributed by atoms with van der Waals surface area (Å²) in [7, 11) is 1.82. The fourth-order valence-corrected chi connectivity index (χ4v) is 2.06. The molecule has 1 N–H and O–H groups in total. The highest BCUT2D eigenvalue weighted by atomic mass is 16.4. The zero-order valence-electron chi connectivity index (χ0n) is 12.3. The molecule has 110 valence electrons. The number of amides is 1. The summed E-state index contributed by atoms with van der Waals surface area (Å²) in [5.74, 6) is -0.668. The summed E-state index contributed by atoms with van der Waals surface area (Å²) in [6.45, 7) is 9.00. The molecule has 0 bridgehead atoms. The monoisotopic (exact) mass is 271 g/mol. The van der Waals surface area contributed by atoms with Crippen molar-refractivity contribution in [2.24, 2.45) is 0 Å². The maximum Gasteiger partial charge on any atom is 0.320 e. The number of nitrogens with zero attached hydrogens (tertiary/aromatic N) is 3. The lowest BCUT2D eigenvalue weighted by atomic mass is 10.2. The molecule has 6 nitrogen and oxygen atoms in total. The van der Waals surface area contributed by atoms with Crippen molar-refractivity contribution in [2.45, 2.75) is 32.9 Å². The van der Waals surface area contributed by atoms with Gasteiger partial charge in [0.1, 0.15) is 6.04 Å². The second-order valence-corrected chi connectivity index (χ2v) is 5.42. The first-order valence-electron chi connectivity index (χ1n) is 6.77. The van der Waals surface area contributed by atoms with Crippen LogP contribution in [0.1, 0.15) is 20.8 Å². The van der Waals surface area contributed by atoms with E-state index in [1.54, 1.807) is 11.8 Å². The molecule has 0 radical (unpaired) electrons. The summed E-state index contributed by atoms with van der Waals surface area (Å²) in [6, 6.07) is -0.239. The molecule has 1 heterocycles. The molecule has 0 aliphatic carbocycles. The van der Waals surface area contributed by atoms with E-state index in [-0.39, 0.29) is 11.9 Å². The number of hydrogen-bond donors (Lipinski definition) is 1. The fourth-order valence-electron chi connectivity index (χ4n) is 2.06. The van der Waals surface area contributed by atoms with Gasteiger partial charge in [0.15, 0.2) is 0 Å². The molecular formula is C13H25N3O3. The third-order valence-corrected chi connectivity index (χ3v) is 3.84. The minimum absolute atomic E-state index is 0.120. The molecule has 1 atom stereocenters. The lowest BCUT2D eigenvalue weighted by Gasteiger charge is -2.37. The first kappa shape index (κ1) is 15.9. The van der Waals surface area contributed by atoms with Crippen LogP contribution in [-0.2, 0) is 9.59 Å². The van der Waals surface area contributed by atoms with Crippen molar-refractivity contribution < 1.29 is 14.7 Å². The van der Waals surface area contributed by atoms with Gasteiger partial charge in [-0.05, 0) is 20.8 Å². The van der Waals surface area contributed by atoms with E-state index in [2.05, 4.69) is 4.90 Å². The smallest absolute Gasteiger partial charge is 0.320 e. The van der Waals surface area contributed by atoms with Crippen LogP contribution in [0.2, 0.25) is 0 Å². The molecule has 1 unspecified atom stereocenters. The van der Waals surface area contributed by atoms with Crippen molar-refractivity contribution in [3.05, 3.63) is 0 Å². The van der Waals surface area contributed by atoms with E-state index in [0.29, 0.717) is 19.6 Å². The van der Waals surface area contributed by atoms with Crippen LogP contribution in [0.4, 0.5) is 0 Å². The average Bonchev–Trinajstić information content (AvgIpc) is 2.37. The Hall–Kier alpha value is -1.14. The standard InChI is InChI=1S/C13H25N3O3/c1-10(2)14(4)12(17)9-15-5-7-16(8-6-15)11(3)13(18)19/h10-11H,5-9H2,1-4H3,(H,18,19). The number of piperazine rings is 1. The lowest BCUT2D eigenvalue weighted by molar-refractivity contribution is -0.144. The van der Waals surface area contributed by atoms with Gasteiger partial charge in [-0.3, -0.25) is 19.4 Å². The van der Waals surface area contributed by atoms with Crippen LogP contribution in [0, 0.1) is 0 Å². The van der Waals surface area contributed by atoms with Crippen molar-refractivity contribution in [3.63, 3.8) is 0 Å². The van der Waals surface area contributed by atoms with Gasteiger partial charge in [-0.1, -0.05) is 0 Å². The second-order valence-electron chi connectivity index (χ2n) is 5.42. The molecular weight excluding hydrogens is 246 g/mol. The Bertz CT molecular complexity index is 325. The van der Waals surface area contributed by atoms with Crippen LogP contribution in [0.15, 0.2) is 0 Å². The number of carbonyl (C=O) groups is 2. The first-order chi connectivity index (χ1) is 8.82. The molecule has 1 fully saturated rings. The largest absolute Gasteiger partial charge is 0.480 e. The van der Waals surface area contributed by atoms with E-state index in [4.69, 9.17) is 5.11 Å². The average molecular weight is 271 g/mol. The van der Waals surface area contributed by atoms with Gasteiger partial charge in [-0.2, -0.15) is 0 Å². The fraction of sp³-hybridized carbons (Fsp3) is 0.846. The second kappa shape index (κ2) is 6.86. The van der Waals surface area contributed by atoms with Crippen LogP contribution in [0.3, 0.4) is 0 Å². The zero-order valence-corrected chi connectivity index (χ0v) is 12.3. The molecule has 0 aromatic rings. The van der Waals surface area contributed by atoms with Crippen molar-refractivity contribution in [2.75, 3.05) is 39.8 Å². The Morgan fingerprint density at radius 2 is 1.68 bits per heavy atom. The van der Waals surface area contributed by atoms with Crippen LogP contribution >= 0.6 is 0 Å². The van der Waals surface area contributed by atoms with E-state index < -0.39 is 12.0 Å². The Balaban J connectivity index is 2.38. The summed E-state index contributed by atoms with van der Waals surface area (Å²) >= 11 is 0. The number of rotatable bonds is 5. The van der Waals surface area contributed by atoms with Crippen molar-refractivity contribution in [1.29, 1.82) is 0 Å². The van der Waals surface area contributed by atoms with Gasteiger partial charge >= 0.3 is 5.97 Å². The quantitative estimate of drug-likeness (QED) is 0.759. The molecule has 1 amide bonds. The molecule has 1 saturated heterocycles. The van der Waals surface area contributed by atoms with Gasteiger partial charge in [0.05, 0.1) is 6.54 Å². The summed E-state index contributed by atoms with van der Waals surface area (Å²) in [5.41, 5.74) is 0. The minimum Gasteiger partial charge on any atom is -0.480 e. The van der Waals surface area contributed by atoms with Gasteiger partial charge < -0.3 is 10.0 Å². The van der Waals surface area contributed by atoms with Crippen LogP contribution in [0.25, 0.3) is 0 Å². The molecule has 0 spiro atoms. The number of carboxylic acid groups (broad SMARTS) is 1. The van der Waals surface area contributed by atoms with Crippen LogP contribution < -0.4 is 0 Å². The zero-order chi connectivity index (χ0) is 14.6. The highest BCUT2D eigenvalue weighted by Crippen LogP contribution is 2.07.